The maximum absolute atomic E-state index is 12.6. The average Bonchev–Trinajstić information content (AvgIpc) is 3.02. The van der Waals surface area contributed by atoms with Crippen LogP contribution in [0.4, 0.5) is 4.79 Å². The maximum atomic E-state index is 12.6. The predicted octanol–water partition coefficient (Wildman–Crippen LogP) is 4.96. The van der Waals surface area contributed by atoms with E-state index in [1.165, 1.54) is 4.90 Å². The fourth-order valence-corrected chi connectivity index (χ4v) is 3.98. The molecule has 1 saturated heterocycles. The van der Waals surface area contributed by atoms with Crippen LogP contribution in [-0.2, 0) is 4.79 Å². The van der Waals surface area contributed by atoms with Gasteiger partial charge in [-0.15, -0.1) is 0 Å². The van der Waals surface area contributed by atoms with Gasteiger partial charge in [-0.1, -0.05) is 48.5 Å². The molecule has 1 heterocycles. The fourth-order valence-electron chi connectivity index (χ4n) is 3.11. The molecule has 4 rings (SSSR count). The lowest BCUT2D eigenvalue weighted by Crippen LogP contribution is -2.32. The largest absolute Gasteiger partial charge is 0.497 e. The first-order valence-electron chi connectivity index (χ1n) is 9.16. The lowest BCUT2D eigenvalue weighted by molar-refractivity contribution is -0.123. The van der Waals surface area contributed by atoms with Crippen LogP contribution in [-0.4, -0.2) is 36.3 Å². The van der Waals surface area contributed by atoms with E-state index >= 15 is 0 Å². The Morgan fingerprint density at radius 1 is 0.966 bits per heavy atom. The van der Waals surface area contributed by atoms with Crippen molar-refractivity contribution in [3.8, 4) is 11.5 Å². The molecular weight excluding hydrogens is 386 g/mol. The molecule has 0 saturated carbocycles. The number of benzene rings is 3. The number of carbonyl (C=O) groups is 2. The zero-order chi connectivity index (χ0) is 20.2. The van der Waals surface area contributed by atoms with E-state index in [0.717, 1.165) is 39.6 Å². The van der Waals surface area contributed by atoms with E-state index in [4.69, 9.17) is 9.47 Å². The third kappa shape index (κ3) is 4.12. The predicted molar refractivity (Wildman–Crippen MR) is 115 cm³/mol. The summed E-state index contributed by atoms with van der Waals surface area (Å²) in [7, 11) is 1.60. The van der Waals surface area contributed by atoms with Crippen molar-refractivity contribution in [1.82, 2.24) is 4.90 Å². The second-order valence-corrected chi connectivity index (χ2v) is 7.43. The van der Waals surface area contributed by atoms with Crippen molar-refractivity contribution >= 4 is 39.8 Å². The Balaban J connectivity index is 1.42. The van der Waals surface area contributed by atoms with Crippen molar-refractivity contribution in [3.05, 3.63) is 77.2 Å². The summed E-state index contributed by atoms with van der Waals surface area (Å²) in [5, 5.41) is 1.80. The van der Waals surface area contributed by atoms with Crippen molar-refractivity contribution in [1.29, 1.82) is 0 Å². The number of hydrogen-bond donors (Lipinski definition) is 0. The number of imide groups is 1. The van der Waals surface area contributed by atoms with Gasteiger partial charge in [0.25, 0.3) is 11.1 Å². The van der Waals surface area contributed by atoms with Gasteiger partial charge in [0.1, 0.15) is 18.1 Å². The summed E-state index contributed by atoms with van der Waals surface area (Å²) >= 11 is 0.947. The van der Waals surface area contributed by atoms with Gasteiger partial charge in [-0.2, -0.15) is 0 Å². The number of rotatable bonds is 6. The minimum Gasteiger partial charge on any atom is -0.497 e. The van der Waals surface area contributed by atoms with E-state index < -0.39 is 0 Å². The monoisotopic (exact) mass is 405 g/mol. The molecule has 146 valence electrons. The molecule has 3 aromatic rings. The van der Waals surface area contributed by atoms with Gasteiger partial charge in [0.05, 0.1) is 18.6 Å². The molecule has 0 spiro atoms. The first-order chi connectivity index (χ1) is 14.2. The van der Waals surface area contributed by atoms with E-state index in [0.29, 0.717) is 4.91 Å². The molecule has 1 fully saturated rings. The highest BCUT2D eigenvalue weighted by Crippen LogP contribution is 2.32. The molecule has 0 aliphatic carbocycles. The zero-order valence-electron chi connectivity index (χ0n) is 15.8. The normalized spacial score (nSPS) is 15.3. The molecule has 0 radical (unpaired) electrons. The van der Waals surface area contributed by atoms with Crippen molar-refractivity contribution in [2.45, 2.75) is 0 Å². The number of methoxy groups -OCH3 is 1. The number of hydrogen-bond acceptors (Lipinski definition) is 5. The summed E-state index contributed by atoms with van der Waals surface area (Å²) in [5.41, 5.74) is 0.836. The summed E-state index contributed by atoms with van der Waals surface area (Å²) in [6, 6.07) is 21.1. The van der Waals surface area contributed by atoms with Gasteiger partial charge in [0.15, 0.2) is 0 Å². The van der Waals surface area contributed by atoms with Crippen LogP contribution in [0.3, 0.4) is 0 Å². The van der Waals surface area contributed by atoms with Crippen LogP contribution < -0.4 is 9.47 Å². The number of thioether (sulfide) groups is 1. The van der Waals surface area contributed by atoms with Gasteiger partial charge >= 0.3 is 0 Å². The Hall–Kier alpha value is -3.25. The Morgan fingerprint density at radius 2 is 1.72 bits per heavy atom. The van der Waals surface area contributed by atoms with Gasteiger partial charge in [0, 0.05) is 5.39 Å². The van der Waals surface area contributed by atoms with Gasteiger partial charge in [0.2, 0.25) is 0 Å². The van der Waals surface area contributed by atoms with Crippen LogP contribution in [0.2, 0.25) is 0 Å². The molecule has 3 aromatic carbocycles. The van der Waals surface area contributed by atoms with Gasteiger partial charge in [-0.25, -0.2) is 0 Å². The molecule has 1 aliphatic rings. The van der Waals surface area contributed by atoms with Gasteiger partial charge < -0.3 is 9.47 Å². The lowest BCUT2D eigenvalue weighted by Gasteiger charge is -2.14. The summed E-state index contributed by atoms with van der Waals surface area (Å²) in [5.74, 6) is 1.18. The molecule has 6 heteroatoms. The molecular formula is C23H19NO4S. The molecule has 0 aromatic heterocycles. The minimum absolute atomic E-state index is 0.202. The highest BCUT2D eigenvalue weighted by atomic mass is 32.2. The van der Waals surface area contributed by atoms with Crippen LogP contribution in [0.15, 0.2) is 71.6 Å². The fraction of sp³-hybridized carbons (Fsp3) is 0.130. The Kier molecular flexibility index (Phi) is 5.53. The first kappa shape index (κ1) is 19.1. The van der Waals surface area contributed by atoms with Crippen LogP contribution >= 0.6 is 11.8 Å². The number of nitrogens with zero attached hydrogens (tertiary/aromatic N) is 1. The number of fused-ring (bicyclic) bond motifs is 1. The van der Waals surface area contributed by atoms with E-state index in [-0.39, 0.29) is 24.3 Å². The van der Waals surface area contributed by atoms with Crippen molar-refractivity contribution in [2.75, 3.05) is 20.3 Å². The highest BCUT2D eigenvalue weighted by Gasteiger charge is 2.34. The van der Waals surface area contributed by atoms with Crippen LogP contribution in [0.1, 0.15) is 5.56 Å². The quantitative estimate of drug-likeness (QED) is 0.543. The summed E-state index contributed by atoms with van der Waals surface area (Å²) in [4.78, 5) is 26.6. The molecule has 0 atom stereocenters. The van der Waals surface area contributed by atoms with Crippen LogP contribution in [0.5, 0.6) is 11.5 Å². The van der Waals surface area contributed by atoms with Gasteiger partial charge in [-0.3, -0.25) is 14.5 Å². The third-order valence-electron chi connectivity index (χ3n) is 4.61. The van der Waals surface area contributed by atoms with Crippen molar-refractivity contribution in [3.63, 3.8) is 0 Å². The number of ether oxygens (including phenoxy) is 2. The maximum Gasteiger partial charge on any atom is 0.293 e. The Bertz CT molecular complexity index is 1090. The van der Waals surface area contributed by atoms with Crippen LogP contribution in [0, 0.1) is 0 Å². The summed E-state index contributed by atoms with van der Waals surface area (Å²) in [6.07, 6.45) is 1.72. The minimum atomic E-state index is -0.294. The van der Waals surface area contributed by atoms with Crippen molar-refractivity contribution < 1.29 is 19.1 Å². The van der Waals surface area contributed by atoms with Gasteiger partial charge in [-0.05, 0) is 47.0 Å². The van der Waals surface area contributed by atoms with E-state index in [1.54, 1.807) is 13.2 Å². The Morgan fingerprint density at radius 3 is 2.52 bits per heavy atom. The highest BCUT2D eigenvalue weighted by molar-refractivity contribution is 8.18. The standard InChI is InChI=1S/C23H19NO4S/c1-27-18-11-9-16(10-12-18)15-21-22(25)24(23(26)29-21)13-14-28-20-8-4-6-17-5-2-3-7-19(17)20/h2-12,15H,13-14H2,1H3/b21-15-. The Labute approximate surface area is 172 Å². The first-order valence-corrected chi connectivity index (χ1v) is 9.97. The van der Waals surface area contributed by atoms with E-state index in [9.17, 15) is 9.59 Å². The zero-order valence-corrected chi connectivity index (χ0v) is 16.6. The molecule has 0 unspecified atom stereocenters. The molecule has 2 amide bonds. The summed E-state index contributed by atoms with van der Waals surface area (Å²) < 4.78 is 11.0. The molecule has 0 N–H and O–H groups in total. The second-order valence-electron chi connectivity index (χ2n) is 6.43. The number of amides is 2. The average molecular weight is 405 g/mol. The van der Waals surface area contributed by atoms with E-state index in [2.05, 4.69) is 0 Å². The van der Waals surface area contributed by atoms with Crippen LogP contribution in [0.25, 0.3) is 16.8 Å². The molecule has 29 heavy (non-hydrogen) atoms. The molecule has 5 nitrogen and oxygen atoms in total. The molecule has 0 bridgehead atoms. The SMILES string of the molecule is COc1ccc(/C=C2\SC(=O)N(CCOc3cccc4ccccc34)C2=O)cc1. The smallest absolute Gasteiger partial charge is 0.293 e. The second kappa shape index (κ2) is 8.41. The molecule has 1 aliphatic heterocycles. The topological polar surface area (TPSA) is 55.8 Å². The third-order valence-corrected chi connectivity index (χ3v) is 5.52. The van der Waals surface area contributed by atoms with Crippen molar-refractivity contribution in [2.24, 2.45) is 0 Å². The number of carbonyl (C=O) groups excluding carboxylic acids is 2. The summed E-state index contributed by atoms with van der Waals surface area (Å²) in [6.45, 7) is 0.440. The lowest BCUT2D eigenvalue weighted by atomic mass is 10.1. The van der Waals surface area contributed by atoms with E-state index in [1.807, 2.05) is 66.7 Å².